The van der Waals surface area contributed by atoms with Crippen LogP contribution in [0.15, 0.2) is 12.1 Å². The first kappa shape index (κ1) is 15.0. The second-order valence-electron chi connectivity index (χ2n) is 4.86. The molecule has 2 rings (SSSR count). The van der Waals surface area contributed by atoms with Gasteiger partial charge in [0.05, 0.1) is 10.1 Å². The van der Waals surface area contributed by atoms with Gasteiger partial charge in [-0.25, -0.2) is 0 Å². The summed E-state index contributed by atoms with van der Waals surface area (Å²) in [6.07, 6.45) is 4.45. The molecule has 1 aromatic rings. The number of nitrogens with one attached hydrogen (secondary N) is 1. The van der Waals surface area contributed by atoms with Gasteiger partial charge in [0, 0.05) is 21.7 Å². The molecule has 1 N–H and O–H groups in total. The zero-order valence-corrected chi connectivity index (χ0v) is 13.2. The Hall–Kier alpha value is -0.390. The number of thiophene rings is 1. The lowest BCUT2D eigenvalue weighted by Crippen LogP contribution is -2.40. The van der Waals surface area contributed by atoms with E-state index in [-0.39, 0.29) is 11.9 Å². The van der Waals surface area contributed by atoms with Crippen molar-refractivity contribution in [3.05, 3.63) is 21.3 Å². The molecule has 106 valence electrons. The van der Waals surface area contributed by atoms with Crippen LogP contribution in [0.2, 0.25) is 4.34 Å². The summed E-state index contributed by atoms with van der Waals surface area (Å²) >= 11 is 7.26. The van der Waals surface area contributed by atoms with Crippen molar-refractivity contribution in [1.82, 2.24) is 5.32 Å². The van der Waals surface area contributed by atoms with E-state index in [1.165, 1.54) is 24.2 Å². The van der Waals surface area contributed by atoms with E-state index in [1.807, 2.05) is 6.07 Å². The lowest BCUT2D eigenvalue weighted by Gasteiger charge is -2.16. The van der Waals surface area contributed by atoms with Crippen molar-refractivity contribution in [2.24, 2.45) is 0 Å². The van der Waals surface area contributed by atoms with Crippen LogP contribution in [0, 0.1) is 0 Å². The summed E-state index contributed by atoms with van der Waals surface area (Å²) in [7, 11) is -1.19. The molecule has 1 aliphatic rings. The van der Waals surface area contributed by atoms with Crippen molar-refractivity contribution in [2.75, 3.05) is 0 Å². The predicted molar refractivity (Wildman–Crippen MR) is 81.0 cm³/mol. The first-order valence-corrected chi connectivity index (χ1v) is 9.05. The molecule has 2 atom stereocenters. The molecular formula is C13H18ClNO2S2. The highest BCUT2D eigenvalue weighted by Crippen LogP contribution is 2.23. The van der Waals surface area contributed by atoms with Crippen LogP contribution in [0.1, 0.15) is 37.5 Å². The summed E-state index contributed by atoms with van der Waals surface area (Å²) in [6.45, 7) is 1.73. The first-order valence-electron chi connectivity index (χ1n) is 6.48. The Balaban J connectivity index is 1.85. The van der Waals surface area contributed by atoms with Crippen LogP contribution < -0.4 is 5.32 Å². The van der Waals surface area contributed by atoms with Gasteiger partial charge in [0.2, 0.25) is 5.91 Å². The minimum absolute atomic E-state index is 0.0899. The fourth-order valence-corrected chi connectivity index (χ4v) is 4.60. The highest BCUT2D eigenvalue weighted by Gasteiger charge is 2.24. The van der Waals surface area contributed by atoms with Gasteiger partial charge in [0.1, 0.15) is 5.25 Å². The van der Waals surface area contributed by atoms with Crippen molar-refractivity contribution in [3.8, 4) is 0 Å². The van der Waals surface area contributed by atoms with E-state index < -0.39 is 16.0 Å². The Labute approximate surface area is 125 Å². The van der Waals surface area contributed by atoms with Gasteiger partial charge >= 0.3 is 0 Å². The molecule has 0 radical (unpaired) electrons. The lowest BCUT2D eigenvalue weighted by atomic mass is 10.2. The highest BCUT2D eigenvalue weighted by atomic mass is 35.5. The number of carbonyl (C=O) groups is 1. The van der Waals surface area contributed by atoms with Crippen molar-refractivity contribution in [2.45, 2.75) is 49.7 Å². The predicted octanol–water partition coefficient (Wildman–Crippen LogP) is 3.10. The smallest absolute Gasteiger partial charge is 0.235 e. The Morgan fingerprint density at radius 3 is 2.79 bits per heavy atom. The van der Waals surface area contributed by atoms with Crippen LogP contribution in [-0.4, -0.2) is 21.4 Å². The molecule has 1 heterocycles. The number of rotatable bonds is 5. The maximum absolute atomic E-state index is 12.2. The Morgan fingerprint density at radius 1 is 1.53 bits per heavy atom. The fraction of sp³-hybridized carbons (Fsp3) is 0.615. The average molecular weight is 320 g/mol. The van der Waals surface area contributed by atoms with Crippen molar-refractivity contribution in [1.29, 1.82) is 0 Å². The summed E-state index contributed by atoms with van der Waals surface area (Å²) in [6, 6.07) is 3.94. The summed E-state index contributed by atoms with van der Waals surface area (Å²) in [5.74, 6) is 0.310. The summed E-state index contributed by atoms with van der Waals surface area (Å²) in [5, 5.41) is 2.53. The van der Waals surface area contributed by atoms with E-state index in [9.17, 15) is 9.00 Å². The van der Waals surface area contributed by atoms with Crippen LogP contribution >= 0.6 is 22.9 Å². The molecule has 3 nitrogen and oxygen atoms in total. The second kappa shape index (κ2) is 6.86. The van der Waals surface area contributed by atoms with Gasteiger partial charge in [-0.05, 0) is 31.9 Å². The van der Waals surface area contributed by atoms with Crippen LogP contribution in [0.5, 0.6) is 0 Å². The van der Waals surface area contributed by atoms with Crippen LogP contribution in [0.4, 0.5) is 0 Å². The van der Waals surface area contributed by atoms with Crippen molar-refractivity contribution < 1.29 is 9.00 Å². The quantitative estimate of drug-likeness (QED) is 0.906. The third-order valence-electron chi connectivity index (χ3n) is 3.38. The standard InChI is InChI=1S/C13H18ClNO2S2/c1-9(13(16)15-10-4-2-3-5-10)19(17)8-11-6-7-12(14)18-11/h6-7,9-10H,2-5,8H2,1H3,(H,15,16)/t9-,19-/m0/s1. The SMILES string of the molecule is C[C@@H](C(=O)NC1CCCC1)[S@@](=O)Cc1ccc(Cl)s1. The number of carbonyl (C=O) groups excluding carboxylic acids is 1. The molecule has 0 aliphatic heterocycles. The molecule has 0 bridgehead atoms. The average Bonchev–Trinajstić information content (AvgIpc) is 3.00. The van der Waals surface area contributed by atoms with Gasteiger partial charge in [-0.1, -0.05) is 24.4 Å². The Bertz CT molecular complexity index is 469. The molecule has 1 fully saturated rings. The Morgan fingerprint density at radius 2 is 2.21 bits per heavy atom. The third-order valence-corrected chi connectivity index (χ3v) is 6.39. The van der Waals surface area contributed by atoms with Gasteiger partial charge in [0.25, 0.3) is 0 Å². The van der Waals surface area contributed by atoms with Gasteiger partial charge in [-0.2, -0.15) is 0 Å². The van der Waals surface area contributed by atoms with E-state index in [0.29, 0.717) is 10.1 Å². The normalized spacial score (nSPS) is 19.3. The minimum atomic E-state index is -1.19. The molecule has 19 heavy (non-hydrogen) atoms. The molecule has 1 aromatic heterocycles. The van der Waals surface area contributed by atoms with Gasteiger partial charge < -0.3 is 5.32 Å². The molecule has 0 saturated heterocycles. The van der Waals surface area contributed by atoms with E-state index >= 15 is 0 Å². The number of hydrogen-bond donors (Lipinski definition) is 1. The fourth-order valence-electron chi connectivity index (χ4n) is 2.20. The summed E-state index contributed by atoms with van der Waals surface area (Å²) in [5.41, 5.74) is 0. The van der Waals surface area contributed by atoms with Gasteiger partial charge in [-0.3, -0.25) is 9.00 Å². The van der Waals surface area contributed by atoms with E-state index in [2.05, 4.69) is 5.32 Å². The number of halogens is 1. The number of hydrogen-bond acceptors (Lipinski definition) is 3. The molecular weight excluding hydrogens is 302 g/mol. The Kier molecular flexibility index (Phi) is 5.42. The zero-order chi connectivity index (χ0) is 13.8. The zero-order valence-electron chi connectivity index (χ0n) is 10.9. The van der Waals surface area contributed by atoms with Crippen molar-refractivity contribution >= 4 is 39.6 Å². The summed E-state index contributed by atoms with van der Waals surface area (Å²) < 4.78 is 12.8. The molecule has 0 aromatic carbocycles. The van der Waals surface area contributed by atoms with Crippen LogP contribution in [0.3, 0.4) is 0 Å². The lowest BCUT2D eigenvalue weighted by molar-refractivity contribution is -0.121. The molecule has 1 saturated carbocycles. The first-order chi connectivity index (χ1) is 9.06. The monoisotopic (exact) mass is 319 g/mol. The van der Waals surface area contributed by atoms with Gasteiger partial charge in [0.15, 0.2) is 0 Å². The van der Waals surface area contributed by atoms with Crippen molar-refractivity contribution in [3.63, 3.8) is 0 Å². The summed E-state index contributed by atoms with van der Waals surface area (Å²) in [4.78, 5) is 13.0. The highest BCUT2D eigenvalue weighted by molar-refractivity contribution is 7.85. The van der Waals surface area contributed by atoms with Crippen LogP contribution in [-0.2, 0) is 21.3 Å². The second-order valence-corrected chi connectivity index (χ2v) is 8.42. The molecule has 1 aliphatic carbocycles. The maximum Gasteiger partial charge on any atom is 0.235 e. The maximum atomic E-state index is 12.2. The minimum Gasteiger partial charge on any atom is -0.352 e. The van der Waals surface area contributed by atoms with E-state index in [4.69, 9.17) is 11.6 Å². The molecule has 6 heteroatoms. The van der Waals surface area contributed by atoms with Crippen LogP contribution in [0.25, 0.3) is 0 Å². The number of amides is 1. The molecule has 0 spiro atoms. The largest absolute Gasteiger partial charge is 0.352 e. The molecule has 1 amide bonds. The van der Waals surface area contributed by atoms with Gasteiger partial charge in [-0.15, -0.1) is 11.3 Å². The van der Waals surface area contributed by atoms with E-state index in [0.717, 1.165) is 17.7 Å². The third kappa shape index (κ3) is 4.29. The molecule has 0 unspecified atom stereocenters. The van der Waals surface area contributed by atoms with E-state index in [1.54, 1.807) is 13.0 Å². The topological polar surface area (TPSA) is 46.2 Å².